The fourth-order valence-corrected chi connectivity index (χ4v) is 8.00. The molecule has 44 heavy (non-hydrogen) atoms. The average molecular weight is 578 g/mol. The van der Waals surface area contributed by atoms with Crippen LogP contribution in [0.15, 0.2) is 140 Å². The van der Waals surface area contributed by atoms with Crippen molar-refractivity contribution in [1.29, 1.82) is 0 Å². The molecule has 0 spiro atoms. The Balaban J connectivity index is 1.20. The molecule has 10 rings (SSSR count). The van der Waals surface area contributed by atoms with Crippen LogP contribution in [-0.4, -0.2) is 14.5 Å². The highest BCUT2D eigenvalue weighted by atomic mass is 32.1. The molecule has 7 aromatic carbocycles. The van der Waals surface area contributed by atoms with Gasteiger partial charge in [0.15, 0.2) is 0 Å². The van der Waals surface area contributed by atoms with Gasteiger partial charge >= 0.3 is 0 Å². The van der Waals surface area contributed by atoms with Crippen LogP contribution in [0, 0.1) is 0 Å². The molecule has 0 saturated heterocycles. The lowest BCUT2D eigenvalue weighted by Crippen LogP contribution is -1.94. The second-order valence-corrected chi connectivity index (χ2v) is 12.4. The Morgan fingerprint density at radius 2 is 0.977 bits per heavy atom. The molecule has 0 aliphatic heterocycles. The molecule has 3 aromatic heterocycles. The van der Waals surface area contributed by atoms with Crippen molar-refractivity contribution < 1.29 is 0 Å². The fourth-order valence-electron chi connectivity index (χ4n) is 7.00. The van der Waals surface area contributed by atoms with Gasteiger partial charge in [-0.15, -0.1) is 11.3 Å². The highest BCUT2D eigenvalue weighted by Crippen LogP contribution is 2.40. The summed E-state index contributed by atoms with van der Waals surface area (Å²) < 4.78 is 3.57. The summed E-state index contributed by atoms with van der Waals surface area (Å²) in [6.07, 6.45) is 0. The van der Waals surface area contributed by atoms with E-state index in [1.165, 1.54) is 48.4 Å². The summed E-state index contributed by atoms with van der Waals surface area (Å²) in [5, 5.41) is 8.41. The summed E-state index contributed by atoms with van der Waals surface area (Å²) in [5.41, 5.74) is 8.83. The van der Waals surface area contributed by atoms with Crippen molar-refractivity contribution in [3.63, 3.8) is 0 Å². The first-order valence-electron chi connectivity index (χ1n) is 14.8. The summed E-state index contributed by atoms with van der Waals surface area (Å²) in [6.45, 7) is 0. The summed E-state index contributed by atoms with van der Waals surface area (Å²) >= 11 is 1.72. The van der Waals surface area contributed by atoms with Crippen molar-refractivity contribution in [2.75, 3.05) is 0 Å². The van der Waals surface area contributed by atoms with Crippen molar-refractivity contribution in [3.8, 4) is 16.8 Å². The zero-order valence-electron chi connectivity index (χ0n) is 23.5. The third-order valence-corrected chi connectivity index (χ3v) is 10.0. The van der Waals surface area contributed by atoms with E-state index in [1.54, 1.807) is 11.3 Å². The standard InChI is InChI=1S/C40H23N3S/c1-3-16-31-27(12-1)28-13-2-4-17-32(28)38-37(31)41-39-33-23-25(20-21-36(33)44-40(39)42-38)24-10-9-11-26(22-24)43-34-18-7-5-14-29(34)30-15-6-8-19-35(30)43/h1-23H. The largest absolute Gasteiger partial charge is 0.309 e. The number of benzene rings is 7. The molecule has 0 aliphatic rings. The van der Waals surface area contributed by atoms with Crippen molar-refractivity contribution in [2.24, 2.45) is 0 Å². The Bertz CT molecular complexity index is 2730. The number of fused-ring (bicyclic) bond motifs is 12. The van der Waals surface area contributed by atoms with E-state index in [1.807, 2.05) is 0 Å². The maximum atomic E-state index is 5.35. The van der Waals surface area contributed by atoms with Gasteiger partial charge < -0.3 is 4.57 Å². The molecule has 3 heterocycles. The van der Waals surface area contributed by atoms with E-state index in [4.69, 9.17) is 9.97 Å². The maximum Gasteiger partial charge on any atom is 0.143 e. The molecule has 0 N–H and O–H groups in total. The monoisotopic (exact) mass is 577 g/mol. The highest BCUT2D eigenvalue weighted by molar-refractivity contribution is 7.25. The molecule has 0 bridgehead atoms. The maximum absolute atomic E-state index is 5.35. The Morgan fingerprint density at radius 1 is 0.409 bits per heavy atom. The molecule has 4 heteroatoms. The van der Waals surface area contributed by atoms with E-state index < -0.39 is 0 Å². The first-order chi connectivity index (χ1) is 21.8. The lowest BCUT2D eigenvalue weighted by Gasteiger charge is -2.10. The van der Waals surface area contributed by atoms with Crippen LogP contribution in [0.1, 0.15) is 0 Å². The van der Waals surface area contributed by atoms with Crippen molar-refractivity contribution in [1.82, 2.24) is 14.5 Å². The fraction of sp³-hybridized carbons (Fsp3) is 0. The van der Waals surface area contributed by atoms with Crippen LogP contribution in [-0.2, 0) is 0 Å². The highest BCUT2D eigenvalue weighted by Gasteiger charge is 2.16. The number of rotatable bonds is 2. The van der Waals surface area contributed by atoms with Crippen LogP contribution in [0.2, 0.25) is 0 Å². The van der Waals surface area contributed by atoms with Gasteiger partial charge in [-0.1, -0.05) is 103 Å². The summed E-state index contributed by atoms with van der Waals surface area (Å²) in [6, 6.07) is 50.0. The SMILES string of the molecule is c1cc(-c2ccc3sc4nc5c6ccccc6c6ccccc6c5nc4c3c2)cc(-n2c3ccccc3c3ccccc32)c1. The molecule has 0 atom stereocenters. The van der Waals surface area contributed by atoms with Crippen LogP contribution >= 0.6 is 11.3 Å². The van der Waals surface area contributed by atoms with Crippen LogP contribution in [0.4, 0.5) is 0 Å². The minimum atomic E-state index is 0.963. The first kappa shape index (κ1) is 23.9. The van der Waals surface area contributed by atoms with E-state index in [0.717, 1.165) is 43.2 Å². The van der Waals surface area contributed by atoms with Gasteiger partial charge in [0.05, 0.1) is 22.1 Å². The molecule has 204 valence electrons. The second-order valence-electron chi connectivity index (χ2n) is 11.4. The Labute approximate surface area is 256 Å². The topological polar surface area (TPSA) is 30.7 Å². The van der Waals surface area contributed by atoms with E-state index in [9.17, 15) is 0 Å². The number of hydrogen-bond acceptors (Lipinski definition) is 3. The molecule has 0 fully saturated rings. The lowest BCUT2D eigenvalue weighted by molar-refractivity contribution is 1.18. The number of thiophene rings is 1. The zero-order chi connectivity index (χ0) is 28.8. The van der Waals surface area contributed by atoms with Crippen molar-refractivity contribution in [3.05, 3.63) is 140 Å². The van der Waals surface area contributed by atoms with Gasteiger partial charge in [0.25, 0.3) is 0 Å². The van der Waals surface area contributed by atoms with Crippen LogP contribution in [0.5, 0.6) is 0 Å². The molecular weight excluding hydrogens is 555 g/mol. The number of nitrogens with zero attached hydrogens (tertiary/aromatic N) is 3. The van der Waals surface area contributed by atoms with Crippen LogP contribution < -0.4 is 0 Å². The second kappa shape index (κ2) is 8.96. The predicted octanol–water partition coefficient (Wildman–Crippen LogP) is 11.1. The molecule has 0 unspecified atom stereocenters. The Morgan fingerprint density at radius 3 is 1.66 bits per heavy atom. The zero-order valence-corrected chi connectivity index (χ0v) is 24.3. The molecule has 0 amide bonds. The van der Waals surface area contributed by atoms with Crippen molar-refractivity contribution >= 4 is 86.2 Å². The number of para-hydroxylation sites is 2. The number of hydrogen-bond donors (Lipinski definition) is 0. The summed E-state index contributed by atoms with van der Waals surface area (Å²) in [5.74, 6) is 0. The molecule has 10 aromatic rings. The molecule has 0 radical (unpaired) electrons. The Kier molecular flexibility index (Phi) is 4.87. The van der Waals surface area contributed by atoms with Gasteiger partial charge in [0, 0.05) is 37.3 Å². The van der Waals surface area contributed by atoms with Gasteiger partial charge in [-0.05, 0) is 58.3 Å². The van der Waals surface area contributed by atoms with Gasteiger partial charge in [0.2, 0.25) is 0 Å². The lowest BCUT2D eigenvalue weighted by atomic mass is 9.99. The van der Waals surface area contributed by atoms with Crippen LogP contribution in [0.3, 0.4) is 0 Å². The average Bonchev–Trinajstić information content (AvgIpc) is 3.62. The summed E-state index contributed by atoms with van der Waals surface area (Å²) in [7, 11) is 0. The summed E-state index contributed by atoms with van der Waals surface area (Å²) in [4.78, 5) is 11.6. The first-order valence-corrected chi connectivity index (χ1v) is 15.7. The minimum absolute atomic E-state index is 0.963. The van der Waals surface area contributed by atoms with Gasteiger partial charge in [-0.25, -0.2) is 9.97 Å². The third kappa shape index (κ3) is 3.31. The minimum Gasteiger partial charge on any atom is -0.309 e. The predicted molar refractivity (Wildman–Crippen MR) is 187 cm³/mol. The van der Waals surface area contributed by atoms with Gasteiger partial charge in [-0.3, -0.25) is 0 Å². The van der Waals surface area contributed by atoms with E-state index in [-0.39, 0.29) is 0 Å². The normalized spacial score (nSPS) is 12.1. The molecular formula is C40H23N3S. The Hall–Kier alpha value is -5.58. The van der Waals surface area contributed by atoms with Crippen LogP contribution in [0.25, 0.3) is 91.6 Å². The number of aromatic nitrogens is 3. The third-order valence-electron chi connectivity index (χ3n) is 8.98. The van der Waals surface area contributed by atoms with E-state index in [0.29, 0.717) is 0 Å². The van der Waals surface area contributed by atoms with E-state index in [2.05, 4.69) is 144 Å². The smallest absolute Gasteiger partial charge is 0.143 e. The van der Waals surface area contributed by atoms with Crippen molar-refractivity contribution in [2.45, 2.75) is 0 Å². The molecule has 0 saturated carbocycles. The van der Waals surface area contributed by atoms with E-state index >= 15 is 0 Å². The van der Waals surface area contributed by atoms with Gasteiger partial charge in [-0.2, -0.15) is 0 Å². The van der Waals surface area contributed by atoms with Gasteiger partial charge in [0.1, 0.15) is 10.3 Å². The quantitative estimate of drug-likeness (QED) is 0.191. The molecule has 0 aliphatic carbocycles. The molecule has 3 nitrogen and oxygen atoms in total.